The molecule has 0 bridgehead atoms. The van der Waals surface area contributed by atoms with Crippen LogP contribution in [0.4, 0.5) is 14.5 Å². The number of amides is 1. The Hall–Kier alpha value is -2.01. The summed E-state index contributed by atoms with van der Waals surface area (Å²) in [5.74, 6) is -2.17. The lowest BCUT2D eigenvalue weighted by Gasteiger charge is -2.17. The largest absolute Gasteiger partial charge is 0.308 e. The van der Waals surface area contributed by atoms with Gasteiger partial charge in [-0.2, -0.15) is 0 Å². The molecule has 2 aromatic rings. The molecular weight excluding hydrogens is 286 g/mol. The molecule has 3 rings (SSSR count). The predicted molar refractivity (Wildman–Crippen MR) is 71.0 cm³/mol. The SMILES string of the molecule is O=C(c1ccnc(Cl)c1)N1CCc2cc(F)c(F)cc21. The van der Waals surface area contributed by atoms with Gasteiger partial charge in [0.1, 0.15) is 5.15 Å². The van der Waals surface area contributed by atoms with Gasteiger partial charge in [-0.05, 0) is 30.2 Å². The summed E-state index contributed by atoms with van der Waals surface area (Å²) in [7, 11) is 0. The zero-order chi connectivity index (χ0) is 14.3. The first kappa shape index (κ1) is 13.0. The highest BCUT2D eigenvalue weighted by molar-refractivity contribution is 6.29. The van der Waals surface area contributed by atoms with Crippen LogP contribution in [0.2, 0.25) is 5.15 Å². The summed E-state index contributed by atoms with van der Waals surface area (Å²) in [5.41, 5.74) is 1.39. The number of carbonyl (C=O) groups is 1. The molecule has 6 heteroatoms. The van der Waals surface area contributed by atoms with Crippen LogP contribution in [0, 0.1) is 11.6 Å². The average molecular weight is 295 g/mol. The van der Waals surface area contributed by atoms with E-state index in [1.54, 1.807) is 0 Å². The van der Waals surface area contributed by atoms with Crippen molar-refractivity contribution in [1.82, 2.24) is 4.98 Å². The van der Waals surface area contributed by atoms with E-state index in [-0.39, 0.29) is 11.1 Å². The van der Waals surface area contributed by atoms with Gasteiger partial charge in [0.25, 0.3) is 5.91 Å². The van der Waals surface area contributed by atoms with Gasteiger partial charge in [-0.25, -0.2) is 13.8 Å². The Labute approximate surface area is 118 Å². The number of anilines is 1. The third-order valence-corrected chi connectivity index (χ3v) is 3.44. The van der Waals surface area contributed by atoms with Crippen LogP contribution in [0.15, 0.2) is 30.5 Å². The van der Waals surface area contributed by atoms with Crippen molar-refractivity contribution in [2.75, 3.05) is 11.4 Å². The quantitative estimate of drug-likeness (QED) is 0.757. The zero-order valence-electron chi connectivity index (χ0n) is 10.2. The molecule has 0 fully saturated rings. The fourth-order valence-electron chi connectivity index (χ4n) is 2.28. The van der Waals surface area contributed by atoms with E-state index in [1.165, 1.54) is 23.2 Å². The molecule has 0 spiro atoms. The molecule has 1 amide bonds. The highest BCUT2D eigenvalue weighted by Crippen LogP contribution is 2.31. The molecule has 102 valence electrons. The van der Waals surface area contributed by atoms with Crippen molar-refractivity contribution in [3.8, 4) is 0 Å². The fourth-order valence-corrected chi connectivity index (χ4v) is 2.46. The molecule has 0 saturated carbocycles. The van der Waals surface area contributed by atoms with E-state index in [1.807, 2.05) is 0 Å². The summed E-state index contributed by atoms with van der Waals surface area (Å²) in [5, 5.41) is 0.209. The van der Waals surface area contributed by atoms with Crippen molar-refractivity contribution in [1.29, 1.82) is 0 Å². The van der Waals surface area contributed by atoms with Crippen LogP contribution in [0.25, 0.3) is 0 Å². The maximum absolute atomic E-state index is 13.3. The lowest BCUT2D eigenvalue weighted by atomic mass is 10.1. The first-order valence-electron chi connectivity index (χ1n) is 5.97. The molecule has 0 radical (unpaired) electrons. The minimum atomic E-state index is -0.962. The summed E-state index contributed by atoms with van der Waals surface area (Å²) in [6, 6.07) is 5.17. The Bertz CT molecular complexity index is 706. The Morgan fingerprint density at radius 2 is 2.00 bits per heavy atom. The second-order valence-electron chi connectivity index (χ2n) is 4.47. The molecule has 1 aliphatic heterocycles. The molecule has 0 aliphatic carbocycles. The maximum Gasteiger partial charge on any atom is 0.258 e. The van der Waals surface area contributed by atoms with Crippen molar-refractivity contribution in [2.45, 2.75) is 6.42 Å². The lowest BCUT2D eigenvalue weighted by molar-refractivity contribution is 0.0989. The van der Waals surface area contributed by atoms with Gasteiger partial charge in [0, 0.05) is 24.4 Å². The predicted octanol–water partition coefficient (Wildman–Crippen LogP) is 3.22. The van der Waals surface area contributed by atoms with Gasteiger partial charge in [-0.15, -0.1) is 0 Å². The van der Waals surface area contributed by atoms with Crippen LogP contribution >= 0.6 is 11.6 Å². The molecule has 0 saturated heterocycles. The number of pyridine rings is 1. The number of nitrogens with zero attached hydrogens (tertiary/aromatic N) is 2. The van der Waals surface area contributed by atoms with E-state index in [2.05, 4.69) is 4.98 Å². The standard InChI is InChI=1S/C14H9ClF2N2O/c15-13-6-9(1-3-18-13)14(20)19-4-2-8-5-10(16)11(17)7-12(8)19/h1,3,5-7H,2,4H2. The van der Waals surface area contributed by atoms with E-state index in [4.69, 9.17) is 11.6 Å². The van der Waals surface area contributed by atoms with Crippen molar-refractivity contribution >= 4 is 23.2 Å². The molecule has 0 atom stereocenters. The summed E-state index contributed by atoms with van der Waals surface area (Å²) in [4.78, 5) is 17.6. The van der Waals surface area contributed by atoms with Crippen molar-refractivity contribution in [3.63, 3.8) is 0 Å². The number of carbonyl (C=O) groups excluding carboxylic acids is 1. The van der Waals surface area contributed by atoms with Crippen molar-refractivity contribution in [2.24, 2.45) is 0 Å². The molecule has 20 heavy (non-hydrogen) atoms. The Morgan fingerprint density at radius 3 is 2.75 bits per heavy atom. The Morgan fingerprint density at radius 1 is 1.25 bits per heavy atom. The molecule has 0 N–H and O–H groups in total. The molecule has 1 aromatic heterocycles. The van der Waals surface area contributed by atoms with Crippen molar-refractivity contribution in [3.05, 3.63) is 58.4 Å². The number of hydrogen-bond acceptors (Lipinski definition) is 2. The first-order valence-corrected chi connectivity index (χ1v) is 6.35. The zero-order valence-corrected chi connectivity index (χ0v) is 11.0. The summed E-state index contributed by atoms with van der Waals surface area (Å²) in [6.07, 6.45) is 1.93. The Balaban J connectivity index is 1.99. The number of fused-ring (bicyclic) bond motifs is 1. The van der Waals surface area contributed by atoms with E-state index in [0.717, 1.165) is 12.1 Å². The number of aromatic nitrogens is 1. The highest BCUT2D eigenvalue weighted by Gasteiger charge is 2.27. The maximum atomic E-state index is 13.3. The van der Waals surface area contributed by atoms with Gasteiger partial charge in [0.05, 0.1) is 5.69 Å². The molecule has 0 unspecified atom stereocenters. The average Bonchev–Trinajstić information content (AvgIpc) is 2.81. The minimum absolute atomic E-state index is 0.209. The van der Waals surface area contributed by atoms with Gasteiger partial charge in [-0.3, -0.25) is 4.79 Å². The van der Waals surface area contributed by atoms with Crippen LogP contribution in [0.5, 0.6) is 0 Å². The monoisotopic (exact) mass is 294 g/mol. The van der Waals surface area contributed by atoms with E-state index >= 15 is 0 Å². The third kappa shape index (κ3) is 2.14. The molecule has 1 aromatic carbocycles. The summed E-state index contributed by atoms with van der Waals surface area (Å²) < 4.78 is 26.5. The Kier molecular flexibility index (Phi) is 3.14. The van der Waals surface area contributed by atoms with Gasteiger partial charge >= 0.3 is 0 Å². The van der Waals surface area contributed by atoms with Crippen LogP contribution in [-0.4, -0.2) is 17.4 Å². The summed E-state index contributed by atoms with van der Waals surface area (Å²) in [6.45, 7) is 0.386. The third-order valence-electron chi connectivity index (χ3n) is 3.24. The van der Waals surface area contributed by atoms with Crippen LogP contribution < -0.4 is 4.90 Å². The second-order valence-corrected chi connectivity index (χ2v) is 4.86. The van der Waals surface area contributed by atoms with E-state index in [9.17, 15) is 13.6 Å². The second kappa shape index (κ2) is 4.83. The number of rotatable bonds is 1. The van der Waals surface area contributed by atoms with Crippen LogP contribution in [0.1, 0.15) is 15.9 Å². The van der Waals surface area contributed by atoms with Crippen LogP contribution in [-0.2, 0) is 6.42 Å². The van der Waals surface area contributed by atoms with Crippen LogP contribution in [0.3, 0.4) is 0 Å². The number of benzene rings is 1. The fraction of sp³-hybridized carbons (Fsp3) is 0.143. The van der Waals surface area contributed by atoms with Crippen molar-refractivity contribution < 1.29 is 13.6 Å². The molecule has 2 heterocycles. The number of hydrogen-bond donors (Lipinski definition) is 0. The first-order chi connectivity index (χ1) is 9.56. The lowest BCUT2D eigenvalue weighted by Crippen LogP contribution is -2.29. The van der Waals surface area contributed by atoms with Gasteiger partial charge < -0.3 is 4.90 Å². The number of halogens is 3. The van der Waals surface area contributed by atoms with Gasteiger partial charge in [0.15, 0.2) is 11.6 Å². The summed E-state index contributed by atoms with van der Waals surface area (Å²) >= 11 is 5.75. The van der Waals surface area contributed by atoms with E-state index in [0.29, 0.717) is 29.8 Å². The normalized spacial score (nSPS) is 13.4. The van der Waals surface area contributed by atoms with E-state index < -0.39 is 11.6 Å². The topological polar surface area (TPSA) is 33.2 Å². The smallest absolute Gasteiger partial charge is 0.258 e. The van der Waals surface area contributed by atoms with Gasteiger partial charge in [0.2, 0.25) is 0 Å². The van der Waals surface area contributed by atoms with Gasteiger partial charge in [-0.1, -0.05) is 11.6 Å². The highest BCUT2D eigenvalue weighted by atomic mass is 35.5. The molecule has 1 aliphatic rings. The molecule has 3 nitrogen and oxygen atoms in total. The minimum Gasteiger partial charge on any atom is -0.308 e. The molecular formula is C14H9ClF2N2O.